The lowest BCUT2D eigenvalue weighted by Crippen LogP contribution is -2.11. The number of aromatic nitrogens is 2. The maximum absolute atomic E-state index is 13.5. The average Bonchev–Trinajstić information content (AvgIpc) is 3.06. The van der Waals surface area contributed by atoms with Gasteiger partial charge in [-0.2, -0.15) is 0 Å². The van der Waals surface area contributed by atoms with Crippen LogP contribution in [0, 0.1) is 5.82 Å². The molecule has 7 heteroatoms. The number of carbonyl (C=O) groups excluding carboxylic acids is 1. The number of halogens is 1. The number of hydrogen-bond acceptors (Lipinski definition) is 5. The lowest BCUT2D eigenvalue weighted by Gasteiger charge is -2.03. The lowest BCUT2D eigenvalue weighted by molar-refractivity contribution is -0.115. The first-order valence-electron chi connectivity index (χ1n) is 7.28. The van der Waals surface area contributed by atoms with Gasteiger partial charge in [0.05, 0.1) is 0 Å². The molecule has 1 amide bonds. The molecule has 3 aromatic rings. The van der Waals surface area contributed by atoms with E-state index in [2.05, 4.69) is 15.5 Å². The van der Waals surface area contributed by atoms with E-state index in [9.17, 15) is 9.18 Å². The molecule has 0 atom stereocenters. The summed E-state index contributed by atoms with van der Waals surface area (Å²) in [6, 6.07) is 16.2. The van der Waals surface area contributed by atoms with Gasteiger partial charge in [-0.15, -0.1) is 22.0 Å². The van der Waals surface area contributed by atoms with Crippen molar-refractivity contribution in [1.82, 2.24) is 10.2 Å². The molecule has 4 nitrogen and oxygen atoms in total. The number of carbonyl (C=O) groups is 1. The van der Waals surface area contributed by atoms with Crippen molar-refractivity contribution in [3.05, 3.63) is 60.4 Å². The minimum absolute atomic E-state index is 0.158. The highest BCUT2D eigenvalue weighted by atomic mass is 32.2. The van der Waals surface area contributed by atoms with Gasteiger partial charge in [-0.25, -0.2) is 4.39 Å². The van der Waals surface area contributed by atoms with Crippen molar-refractivity contribution in [2.24, 2.45) is 0 Å². The van der Waals surface area contributed by atoms with E-state index in [1.807, 2.05) is 30.3 Å². The second kappa shape index (κ2) is 8.03. The van der Waals surface area contributed by atoms with Gasteiger partial charge in [0.25, 0.3) is 0 Å². The molecule has 0 aliphatic carbocycles. The third kappa shape index (κ3) is 4.39. The summed E-state index contributed by atoms with van der Waals surface area (Å²) in [5.41, 5.74) is 0.964. The van der Waals surface area contributed by atoms with Gasteiger partial charge in [-0.3, -0.25) is 4.79 Å². The first-order chi connectivity index (χ1) is 11.7. The molecule has 1 N–H and O–H groups in total. The molecule has 3 rings (SSSR count). The molecular formula is C17H14FN3OS2. The van der Waals surface area contributed by atoms with E-state index in [0.29, 0.717) is 15.8 Å². The van der Waals surface area contributed by atoms with Crippen LogP contribution in [0.15, 0.2) is 59.5 Å². The third-order valence-corrected chi connectivity index (χ3v) is 5.05. The Labute approximate surface area is 147 Å². The molecule has 0 bridgehead atoms. The summed E-state index contributed by atoms with van der Waals surface area (Å²) in [5.74, 6) is 0.0750. The number of nitrogens with zero attached hydrogens (tertiary/aromatic N) is 2. The van der Waals surface area contributed by atoms with Crippen molar-refractivity contribution in [3.8, 4) is 10.6 Å². The largest absolute Gasteiger partial charge is 0.300 e. The summed E-state index contributed by atoms with van der Waals surface area (Å²) in [7, 11) is 0. The van der Waals surface area contributed by atoms with Gasteiger partial charge < -0.3 is 5.32 Å². The molecule has 0 saturated heterocycles. The molecule has 0 unspecified atom stereocenters. The van der Waals surface area contributed by atoms with Gasteiger partial charge >= 0.3 is 0 Å². The number of nitrogens with one attached hydrogen (secondary N) is 1. The van der Waals surface area contributed by atoms with E-state index < -0.39 is 0 Å². The highest BCUT2D eigenvalue weighted by Crippen LogP contribution is 2.26. The smallest absolute Gasteiger partial charge is 0.227 e. The third-order valence-electron chi connectivity index (χ3n) is 3.12. The van der Waals surface area contributed by atoms with Crippen molar-refractivity contribution in [3.63, 3.8) is 0 Å². The van der Waals surface area contributed by atoms with Crippen LogP contribution in [-0.2, 0) is 4.79 Å². The molecule has 1 heterocycles. The molecule has 122 valence electrons. The van der Waals surface area contributed by atoms with Crippen LogP contribution in [0.5, 0.6) is 0 Å². The Kier molecular flexibility index (Phi) is 5.55. The topological polar surface area (TPSA) is 54.9 Å². The summed E-state index contributed by atoms with van der Waals surface area (Å²) in [6.07, 6.45) is 0.277. The number of thioether (sulfide) groups is 1. The van der Waals surface area contributed by atoms with Crippen LogP contribution >= 0.6 is 23.1 Å². The maximum atomic E-state index is 13.5. The molecule has 1 aromatic heterocycles. The fraction of sp³-hybridized carbons (Fsp3) is 0.118. The summed E-state index contributed by atoms with van der Waals surface area (Å²) in [6.45, 7) is 0. The summed E-state index contributed by atoms with van der Waals surface area (Å²) < 4.78 is 13.5. The average molecular weight is 359 g/mol. The predicted molar refractivity (Wildman–Crippen MR) is 95.7 cm³/mol. The maximum Gasteiger partial charge on any atom is 0.227 e. The predicted octanol–water partition coefficient (Wildman–Crippen LogP) is 4.47. The van der Waals surface area contributed by atoms with E-state index >= 15 is 0 Å². The first kappa shape index (κ1) is 16.6. The molecule has 0 saturated carbocycles. The Bertz CT molecular complexity index is 823. The van der Waals surface area contributed by atoms with E-state index in [0.717, 1.165) is 10.6 Å². The van der Waals surface area contributed by atoms with Crippen LogP contribution < -0.4 is 5.32 Å². The molecular weight excluding hydrogens is 345 g/mol. The van der Waals surface area contributed by atoms with Crippen LogP contribution in [-0.4, -0.2) is 21.9 Å². The molecule has 0 spiro atoms. The van der Waals surface area contributed by atoms with Crippen LogP contribution in [0.4, 0.5) is 9.52 Å². The molecule has 0 aliphatic rings. The fourth-order valence-electron chi connectivity index (χ4n) is 1.97. The second-order valence-electron chi connectivity index (χ2n) is 4.86. The zero-order chi connectivity index (χ0) is 16.8. The summed E-state index contributed by atoms with van der Waals surface area (Å²) >= 11 is 2.65. The SMILES string of the molecule is O=C(CCSc1ccccc1F)Nc1nnc(-c2ccccc2)s1. The highest BCUT2D eigenvalue weighted by molar-refractivity contribution is 7.99. The van der Waals surface area contributed by atoms with Crippen molar-refractivity contribution >= 4 is 34.1 Å². The van der Waals surface area contributed by atoms with Gasteiger partial charge in [-0.1, -0.05) is 53.8 Å². The molecule has 0 aliphatic heterocycles. The summed E-state index contributed by atoms with van der Waals surface area (Å²) in [4.78, 5) is 12.5. The van der Waals surface area contributed by atoms with E-state index in [4.69, 9.17) is 0 Å². The Balaban J connectivity index is 1.51. The number of anilines is 1. The Hall–Kier alpha value is -2.25. The van der Waals surface area contributed by atoms with Crippen LogP contribution in [0.2, 0.25) is 0 Å². The number of hydrogen-bond donors (Lipinski definition) is 1. The Morgan fingerprint density at radius 3 is 2.62 bits per heavy atom. The standard InChI is InChI=1S/C17H14FN3OS2/c18-13-8-4-5-9-14(13)23-11-10-15(22)19-17-21-20-16(24-17)12-6-2-1-3-7-12/h1-9H,10-11H2,(H,19,21,22). The molecule has 0 fully saturated rings. The van der Waals surface area contributed by atoms with E-state index in [1.165, 1.54) is 29.2 Å². The zero-order valence-electron chi connectivity index (χ0n) is 12.6. The van der Waals surface area contributed by atoms with Crippen LogP contribution in [0.1, 0.15) is 6.42 Å². The monoisotopic (exact) mass is 359 g/mol. The van der Waals surface area contributed by atoms with Crippen molar-refractivity contribution in [2.45, 2.75) is 11.3 Å². The minimum atomic E-state index is -0.264. The quantitative estimate of drug-likeness (QED) is 0.660. The van der Waals surface area contributed by atoms with Gasteiger partial charge in [-0.05, 0) is 12.1 Å². The van der Waals surface area contributed by atoms with Gasteiger partial charge in [0, 0.05) is 22.6 Å². The minimum Gasteiger partial charge on any atom is -0.300 e. The van der Waals surface area contributed by atoms with Crippen molar-refractivity contribution < 1.29 is 9.18 Å². The van der Waals surface area contributed by atoms with Crippen molar-refractivity contribution in [1.29, 1.82) is 0 Å². The summed E-state index contributed by atoms with van der Waals surface area (Å²) in [5, 5.41) is 12.0. The van der Waals surface area contributed by atoms with Crippen LogP contribution in [0.25, 0.3) is 10.6 Å². The number of amides is 1. The molecule has 2 aromatic carbocycles. The Morgan fingerprint density at radius 2 is 1.83 bits per heavy atom. The normalized spacial score (nSPS) is 10.5. The van der Waals surface area contributed by atoms with Gasteiger partial charge in [0.1, 0.15) is 10.8 Å². The molecule has 24 heavy (non-hydrogen) atoms. The number of rotatable bonds is 6. The van der Waals surface area contributed by atoms with Gasteiger partial charge in [0.2, 0.25) is 11.0 Å². The van der Waals surface area contributed by atoms with Crippen LogP contribution in [0.3, 0.4) is 0 Å². The Morgan fingerprint density at radius 1 is 1.08 bits per heavy atom. The second-order valence-corrected chi connectivity index (χ2v) is 6.97. The van der Waals surface area contributed by atoms with Gasteiger partial charge in [0.15, 0.2) is 0 Å². The van der Waals surface area contributed by atoms with E-state index in [1.54, 1.807) is 18.2 Å². The highest BCUT2D eigenvalue weighted by Gasteiger charge is 2.10. The first-order valence-corrected chi connectivity index (χ1v) is 9.09. The fourth-order valence-corrected chi connectivity index (χ4v) is 3.62. The zero-order valence-corrected chi connectivity index (χ0v) is 14.2. The van der Waals surface area contributed by atoms with E-state index in [-0.39, 0.29) is 18.1 Å². The number of benzene rings is 2. The van der Waals surface area contributed by atoms with Crippen molar-refractivity contribution in [2.75, 3.05) is 11.1 Å². The lowest BCUT2D eigenvalue weighted by atomic mass is 10.2. The molecule has 0 radical (unpaired) electrons.